The SMILES string of the molecule is CC(C(=O)c1ccc(Cl)cc1Cl)N(C)CC1CCOCC1. The molecule has 0 saturated carbocycles. The molecule has 2 rings (SSSR count). The molecule has 1 aliphatic heterocycles. The van der Waals surface area contributed by atoms with Gasteiger partial charge < -0.3 is 4.74 Å². The van der Waals surface area contributed by atoms with E-state index in [1.165, 1.54) is 0 Å². The average Bonchev–Trinajstić information content (AvgIpc) is 2.47. The monoisotopic (exact) mass is 329 g/mol. The Balaban J connectivity index is 2.00. The Morgan fingerprint density at radius 1 is 1.38 bits per heavy atom. The zero-order valence-electron chi connectivity index (χ0n) is 12.4. The van der Waals surface area contributed by atoms with E-state index in [1.54, 1.807) is 18.2 Å². The molecule has 1 aliphatic rings. The van der Waals surface area contributed by atoms with Crippen LogP contribution in [0.1, 0.15) is 30.1 Å². The van der Waals surface area contributed by atoms with Crippen molar-refractivity contribution in [2.45, 2.75) is 25.8 Å². The third-order valence-electron chi connectivity index (χ3n) is 4.12. The van der Waals surface area contributed by atoms with E-state index in [1.807, 2.05) is 14.0 Å². The maximum atomic E-state index is 12.6. The van der Waals surface area contributed by atoms with Gasteiger partial charge in [-0.1, -0.05) is 23.2 Å². The molecule has 0 N–H and O–H groups in total. The van der Waals surface area contributed by atoms with Gasteiger partial charge in [-0.2, -0.15) is 0 Å². The molecule has 1 fully saturated rings. The predicted octanol–water partition coefficient (Wildman–Crippen LogP) is 3.92. The molecule has 3 nitrogen and oxygen atoms in total. The maximum Gasteiger partial charge on any atom is 0.181 e. The largest absolute Gasteiger partial charge is 0.381 e. The van der Waals surface area contributed by atoms with E-state index in [-0.39, 0.29) is 11.8 Å². The standard InChI is InChI=1S/C16H21Cl2NO2/c1-11(19(2)10-12-5-7-21-8-6-12)16(20)14-4-3-13(17)9-15(14)18/h3-4,9,11-12H,5-8,10H2,1-2H3. The normalized spacial score (nSPS) is 18.0. The predicted molar refractivity (Wildman–Crippen MR) is 86.4 cm³/mol. The summed E-state index contributed by atoms with van der Waals surface area (Å²) in [5, 5.41) is 0.957. The van der Waals surface area contributed by atoms with Crippen LogP contribution in [0.25, 0.3) is 0 Å². The lowest BCUT2D eigenvalue weighted by atomic mass is 9.98. The molecule has 116 valence electrons. The first kappa shape index (κ1) is 16.8. The van der Waals surface area contributed by atoms with Gasteiger partial charge >= 0.3 is 0 Å². The fourth-order valence-corrected chi connectivity index (χ4v) is 3.11. The van der Waals surface area contributed by atoms with E-state index in [4.69, 9.17) is 27.9 Å². The molecule has 1 heterocycles. The van der Waals surface area contributed by atoms with Crippen LogP contribution in [-0.2, 0) is 4.74 Å². The number of hydrogen-bond acceptors (Lipinski definition) is 3. The average molecular weight is 330 g/mol. The van der Waals surface area contributed by atoms with Crippen molar-refractivity contribution < 1.29 is 9.53 Å². The molecule has 5 heteroatoms. The first-order chi connectivity index (χ1) is 9.99. The van der Waals surface area contributed by atoms with E-state index in [9.17, 15) is 4.79 Å². The molecule has 1 aromatic carbocycles. The number of hydrogen-bond donors (Lipinski definition) is 0. The van der Waals surface area contributed by atoms with Crippen LogP contribution in [-0.4, -0.2) is 43.5 Å². The number of carbonyl (C=O) groups excluding carboxylic acids is 1. The fraction of sp³-hybridized carbons (Fsp3) is 0.562. The van der Waals surface area contributed by atoms with Crippen LogP contribution >= 0.6 is 23.2 Å². The topological polar surface area (TPSA) is 29.5 Å². The van der Waals surface area contributed by atoms with Crippen LogP contribution in [0.15, 0.2) is 18.2 Å². The van der Waals surface area contributed by atoms with Crippen molar-refractivity contribution in [1.82, 2.24) is 4.90 Å². The van der Waals surface area contributed by atoms with Crippen molar-refractivity contribution in [2.24, 2.45) is 5.92 Å². The third kappa shape index (κ3) is 4.43. The van der Waals surface area contributed by atoms with Crippen LogP contribution in [0.3, 0.4) is 0 Å². The number of halogens is 2. The highest BCUT2D eigenvalue weighted by molar-refractivity contribution is 6.37. The molecular formula is C16H21Cl2NO2. The summed E-state index contributed by atoms with van der Waals surface area (Å²) < 4.78 is 5.37. The molecule has 0 bridgehead atoms. The number of ether oxygens (including phenoxy) is 1. The zero-order valence-corrected chi connectivity index (χ0v) is 14.0. The van der Waals surface area contributed by atoms with Gasteiger partial charge in [0.15, 0.2) is 5.78 Å². The molecule has 21 heavy (non-hydrogen) atoms. The van der Waals surface area contributed by atoms with Gasteiger partial charge in [0.05, 0.1) is 11.1 Å². The minimum Gasteiger partial charge on any atom is -0.381 e. The second-order valence-corrected chi connectivity index (χ2v) is 6.50. The van der Waals surface area contributed by atoms with Gasteiger partial charge in [0.2, 0.25) is 0 Å². The van der Waals surface area contributed by atoms with Gasteiger partial charge in [-0.15, -0.1) is 0 Å². The Bertz CT molecular complexity index is 501. The Morgan fingerprint density at radius 3 is 2.67 bits per heavy atom. The third-order valence-corrected chi connectivity index (χ3v) is 4.67. The fourth-order valence-electron chi connectivity index (χ4n) is 2.61. The lowest BCUT2D eigenvalue weighted by Crippen LogP contribution is -2.40. The number of nitrogens with zero attached hydrogens (tertiary/aromatic N) is 1. The van der Waals surface area contributed by atoms with Gasteiger partial charge in [0.25, 0.3) is 0 Å². The summed E-state index contributed by atoms with van der Waals surface area (Å²) in [6.07, 6.45) is 2.12. The Labute approximate surface area is 136 Å². The number of Topliss-reactive ketones (excluding diaryl/α,β-unsaturated/α-hetero) is 1. The molecule has 0 amide bonds. The van der Waals surface area contributed by atoms with Gasteiger partial charge in [0.1, 0.15) is 0 Å². The number of rotatable bonds is 5. The van der Waals surface area contributed by atoms with Crippen molar-refractivity contribution >= 4 is 29.0 Å². The summed E-state index contributed by atoms with van der Waals surface area (Å²) in [4.78, 5) is 14.7. The Kier molecular flexibility index (Phi) is 6.06. The highest BCUT2D eigenvalue weighted by Crippen LogP contribution is 2.24. The van der Waals surface area contributed by atoms with E-state index >= 15 is 0 Å². The Hall–Kier alpha value is -0.610. The van der Waals surface area contributed by atoms with Crippen molar-refractivity contribution in [3.63, 3.8) is 0 Å². The molecule has 1 atom stereocenters. The number of benzene rings is 1. The van der Waals surface area contributed by atoms with Crippen molar-refractivity contribution in [3.05, 3.63) is 33.8 Å². The number of likely N-dealkylation sites (N-methyl/N-ethyl adjacent to an activating group) is 1. The molecule has 0 radical (unpaired) electrons. The summed E-state index contributed by atoms with van der Waals surface area (Å²) in [6.45, 7) is 4.47. The van der Waals surface area contributed by atoms with Crippen LogP contribution < -0.4 is 0 Å². The van der Waals surface area contributed by atoms with Crippen molar-refractivity contribution in [1.29, 1.82) is 0 Å². The summed E-state index contributed by atoms with van der Waals surface area (Å²) in [7, 11) is 1.99. The van der Waals surface area contributed by atoms with Crippen molar-refractivity contribution in [3.8, 4) is 0 Å². The minimum atomic E-state index is -0.202. The molecular weight excluding hydrogens is 309 g/mol. The summed E-state index contributed by atoms with van der Waals surface area (Å²) in [6, 6.07) is 4.81. The highest BCUT2D eigenvalue weighted by atomic mass is 35.5. The zero-order chi connectivity index (χ0) is 15.4. The lowest BCUT2D eigenvalue weighted by Gasteiger charge is -2.30. The van der Waals surface area contributed by atoms with Crippen LogP contribution in [0.5, 0.6) is 0 Å². The van der Waals surface area contributed by atoms with Gasteiger partial charge in [-0.05, 0) is 50.9 Å². The number of carbonyl (C=O) groups is 1. The van der Waals surface area contributed by atoms with E-state index < -0.39 is 0 Å². The lowest BCUT2D eigenvalue weighted by molar-refractivity contribution is 0.0497. The van der Waals surface area contributed by atoms with Crippen molar-refractivity contribution in [2.75, 3.05) is 26.8 Å². The molecule has 1 saturated heterocycles. The molecule has 1 aromatic rings. The summed E-state index contributed by atoms with van der Waals surface area (Å²) >= 11 is 12.0. The van der Waals surface area contributed by atoms with E-state index in [0.29, 0.717) is 21.5 Å². The molecule has 0 spiro atoms. The molecule has 0 aromatic heterocycles. The van der Waals surface area contributed by atoms with E-state index in [2.05, 4.69) is 4.90 Å². The number of ketones is 1. The second-order valence-electron chi connectivity index (χ2n) is 5.66. The Morgan fingerprint density at radius 2 is 2.05 bits per heavy atom. The van der Waals surface area contributed by atoms with Crippen LogP contribution in [0.4, 0.5) is 0 Å². The quantitative estimate of drug-likeness (QED) is 0.767. The highest BCUT2D eigenvalue weighted by Gasteiger charge is 2.24. The van der Waals surface area contributed by atoms with Gasteiger partial charge in [-0.25, -0.2) is 0 Å². The van der Waals surface area contributed by atoms with E-state index in [0.717, 1.165) is 32.6 Å². The molecule has 0 aliphatic carbocycles. The summed E-state index contributed by atoms with van der Waals surface area (Å²) in [5.74, 6) is 0.630. The smallest absolute Gasteiger partial charge is 0.181 e. The molecule has 1 unspecified atom stereocenters. The van der Waals surface area contributed by atoms with Crippen LogP contribution in [0, 0.1) is 5.92 Å². The van der Waals surface area contributed by atoms with Gasteiger partial charge in [-0.3, -0.25) is 9.69 Å². The second kappa shape index (κ2) is 7.59. The minimum absolute atomic E-state index is 0.0335. The van der Waals surface area contributed by atoms with Crippen LogP contribution in [0.2, 0.25) is 10.0 Å². The first-order valence-electron chi connectivity index (χ1n) is 7.26. The summed E-state index contributed by atoms with van der Waals surface area (Å²) in [5.41, 5.74) is 0.535. The maximum absolute atomic E-state index is 12.6. The van der Waals surface area contributed by atoms with Gasteiger partial charge in [0, 0.05) is 30.3 Å². The first-order valence-corrected chi connectivity index (χ1v) is 8.02.